The van der Waals surface area contributed by atoms with E-state index in [0.29, 0.717) is 22.8 Å². The summed E-state index contributed by atoms with van der Waals surface area (Å²) in [7, 11) is 0. The van der Waals surface area contributed by atoms with Gasteiger partial charge in [-0.2, -0.15) is 0 Å². The average molecular weight is 760 g/mol. The van der Waals surface area contributed by atoms with E-state index in [9.17, 15) is 17.6 Å². The van der Waals surface area contributed by atoms with Crippen molar-refractivity contribution in [3.8, 4) is 0 Å². The summed E-state index contributed by atoms with van der Waals surface area (Å²) in [6.07, 6.45) is 0. The first-order chi connectivity index (χ1) is 27.4. The third kappa shape index (κ3) is 8.68. The third-order valence-electron chi connectivity index (χ3n) is 10.2. The van der Waals surface area contributed by atoms with Crippen LogP contribution in [-0.2, 0) is 0 Å². The number of para-hydroxylation sites is 1. The van der Waals surface area contributed by atoms with Gasteiger partial charge in [-0.05, 0) is 140 Å². The van der Waals surface area contributed by atoms with Gasteiger partial charge in [0.2, 0.25) is 0 Å². The van der Waals surface area contributed by atoms with Gasteiger partial charge in [0.25, 0.3) is 0 Å². The van der Waals surface area contributed by atoms with E-state index in [4.69, 9.17) is 15.0 Å². The van der Waals surface area contributed by atoms with Crippen molar-refractivity contribution in [1.82, 2.24) is 4.98 Å². The van der Waals surface area contributed by atoms with Gasteiger partial charge in [0.1, 0.15) is 23.3 Å². The van der Waals surface area contributed by atoms with E-state index in [-0.39, 0.29) is 23.3 Å². The topological polar surface area (TPSA) is 37.6 Å². The predicted octanol–water partition coefficient (Wildman–Crippen LogP) is 13.2. The van der Waals surface area contributed by atoms with Crippen molar-refractivity contribution in [2.75, 3.05) is 0 Å². The standard InChI is InChI=1S/C50H41F4N3/c1-30-28-43(47(35-12-20-39(51)21-13-35)36-14-22-40(52)23-15-36)50(44(29-30)48(37-16-24-41(53)25-17-37)38-18-26-42(54)27-19-38)56-34(5)46-11-7-10-45(57-46)33(4)55-49-31(2)8-6-9-32(49)3/h6-29,47-48H,1-5H3. The Bertz CT molecular complexity index is 2370. The van der Waals surface area contributed by atoms with Crippen LogP contribution in [0.15, 0.2) is 156 Å². The lowest BCUT2D eigenvalue weighted by Crippen LogP contribution is -2.11. The molecule has 7 rings (SSSR count). The Hall–Kier alpha value is -6.47. The largest absolute Gasteiger partial charge is 0.251 e. The Morgan fingerprint density at radius 3 is 1.11 bits per heavy atom. The summed E-state index contributed by atoms with van der Waals surface area (Å²) in [5, 5.41) is 0. The number of benzene rings is 6. The van der Waals surface area contributed by atoms with E-state index in [2.05, 4.69) is 0 Å². The van der Waals surface area contributed by atoms with Crippen molar-refractivity contribution in [1.29, 1.82) is 0 Å². The SMILES string of the molecule is CC(=Nc1c(C)cccc1C)c1cccc(C(C)=Nc2c(C(c3ccc(F)cc3)c3ccc(F)cc3)cc(C)cc2C(c2ccc(F)cc2)c2ccc(F)cc2)n1. The lowest BCUT2D eigenvalue weighted by Gasteiger charge is -2.27. The maximum atomic E-state index is 14.4. The van der Waals surface area contributed by atoms with Gasteiger partial charge < -0.3 is 0 Å². The van der Waals surface area contributed by atoms with Gasteiger partial charge >= 0.3 is 0 Å². The van der Waals surface area contributed by atoms with Crippen LogP contribution in [0.5, 0.6) is 0 Å². The zero-order valence-electron chi connectivity index (χ0n) is 32.4. The Balaban J connectivity index is 1.49. The summed E-state index contributed by atoms with van der Waals surface area (Å²) in [5.74, 6) is -2.55. The first kappa shape index (κ1) is 38.8. The van der Waals surface area contributed by atoms with Crippen molar-refractivity contribution in [3.05, 3.63) is 230 Å². The highest BCUT2D eigenvalue weighted by Gasteiger charge is 2.28. The fourth-order valence-electron chi connectivity index (χ4n) is 7.40. The maximum Gasteiger partial charge on any atom is 0.123 e. The molecular formula is C50H41F4N3. The van der Waals surface area contributed by atoms with Gasteiger partial charge in [0.05, 0.1) is 34.2 Å². The zero-order chi connectivity index (χ0) is 40.2. The Morgan fingerprint density at radius 1 is 0.439 bits per heavy atom. The number of hydrogen-bond donors (Lipinski definition) is 0. The third-order valence-corrected chi connectivity index (χ3v) is 10.2. The molecule has 0 spiro atoms. The molecule has 3 nitrogen and oxygen atoms in total. The fourth-order valence-corrected chi connectivity index (χ4v) is 7.40. The molecule has 6 aromatic carbocycles. The molecule has 0 unspecified atom stereocenters. The number of aryl methyl sites for hydroxylation is 3. The molecule has 1 heterocycles. The van der Waals surface area contributed by atoms with Crippen LogP contribution in [0.4, 0.5) is 28.9 Å². The number of nitrogens with zero attached hydrogens (tertiary/aromatic N) is 3. The van der Waals surface area contributed by atoms with Crippen LogP contribution in [0.25, 0.3) is 0 Å². The predicted molar refractivity (Wildman–Crippen MR) is 223 cm³/mol. The van der Waals surface area contributed by atoms with E-state index >= 15 is 0 Å². The molecule has 0 fully saturated rings. The van der Waals surface area contributed by atoms with Crippen LogP contribution in [0, 0.1) is 44.0 Å². The monoisotopic (exact) mass is 759 g/mol. The van der Waals surface area contributed by atoms with Crippen molar-refractivity contribution in [2.24, 2.45) is 9.98 Å². The zero-order valence-corrected chi connectivity index (χ0v) is 32.4. The van der Waals surface area contributed by atoms with Gasteiger partial charge in [-0.25, -0.2) is 22.5 Å². The van der Waals surface area contributed by atoms with Crippen molar-refractivity contribution < 1.29 is 17.6 Å². The van der Waals surface area contributed by atoms with E-state index in [1.165, 1.54) is 48.5 Å². The molecule has 0 saturated carbocycles. The van der Waals surface area contributed by atoms with Crippen LogP contribution in [-0.4, -0.2) is 16.4 Å². The van der Waals surface area contributed by atoms with Gasteiger partial charge in [-0.3, -0.25) is 9.98 Å². The smallest absolute Gasteiger partial charge is 0.123 e. The molecule has 0 atom stereocenters. The van der Waals surface area contributed by atoms with Crippen molar-refractivity contribution in [2.45, 2.75) is 46.5 Å². The molecule has 0 amide bonds. The number of pyridine rings is 1. The lowest BCUT2D eigenvalue weighted by molar-refractivity contribution is 0.625. The minimum Gasteiger partial charge on any atom is -0.251 e. The van der Waals surface area contributed by atoms with Crippen LogP contribution in [0.2, 0.25) is 0 Å². The van der Waals surface area contributed by atoms with E-state index in [1.54, 1.807) is 48.5 Å². The van der Waals surface area contributed by atoms with Crippen molar-refractivity contribution >= 4 is 22.8 Å². The Morgan fingerprint density at radius 2 is 0.754 bits per heavy atom. The molecular weight excluding hydrogens is 719 g/mol. The molecule has 0 aliphatic rings. The normalized spacial score (nSPS) is 12.1. The van der Waals surface area contributed by atoms with E-state index < -0.39 is 11.8 Å². The van der Waals surface area contributed by atoms with Gasteiger partial charge in [-0.15, -0.1) is 0 Å². The van der Waals surface area contributed by atoms with E-state index in [1.807, 2.05) is 83.1 Å². The van der Waals surface area contributed by atoms with Crippen molar-refractivity contribution in [3.63, 3.8) is 0 Å². The fraction of sp³-hybridized carbons (Fsp3) is 0.140. The van der Waals surface area contributed by atoms with E-state index in [0.717, 1.165) is 61.5 Å². The first-order valence-electron chi connectivity index (χ1n) is 18.8. The highest BCUT2D eigenvalue weighted by atomic mass is 19.1. The first-order valence-corrected chi connectivity index (χ1v) is 18.8. The molecule has 0 bridgehead atoms. The van der Waals surface area contributed by atoms with Crippen LogP contribution in [0.3, 0.4) is 0 Å². The summed E-state index contributed by atoms with van der Waals surface area (Å²) < 4.78 is 57.7. The summed E-state index contributed by atoms with van der Waals surface area (Å²) in [6, 6.07) is 41.0. The molecule has 7 heteroatoms. The Kier molecular flexibility index (Phi) is 11.4. The lowest BCUT2D eigenvalue weighted by atomic mass is 9.78. The van der Waals surface area contributed by atoms with Gasteiger partial charge in [0.15, 0.2) is 0 Å². The number of hydrogen-bond acceptors (Lipinski definition) is 3. The molecule has 0 radical (unpaired) electrons. The minimum absolute atomic E-state index is 0.384. The highest BCUT2D eigenvalue weighted by molar-refractivity contribution is 6.02. The quantitative estimate of drug-likeness (QED) is 0.0777. The van der Waals surface area contributed by atoms with Gasteiger partial charge in [0, 0.05) is 11.8 Å². The number of rotatable bonds is 10. The highest BCUT2D eigenvalue weighted by Crippen LogP contribution is 2.46. The summed E-state index contributed by atoms with van der Waals surface area (Å²) in [6.45, 7) is 9.88. The average Bonchev–Trinajstić information content (AvgIpc) is 3.20. The molecule has 7 aromatic rings. The molecule has 0 N–H and O–H groups in total. The molecule has 1 aromatic heterocycles. The second-order valence-corrected chi connectivity index (χ2v) is 14.4. The molecule has 0 saturated heterocycles. The van der Waals surface area contributed by atoms with Crippen LogP contribution in [0.1, 0.15) is 87.1 Å². The second-order valence-electron chi connectivity index (χ2n) is 14.4. The number of halogens is 4. The maximum absolute atomic E-state index is 14.4. The molecule has 57 heavy (non-hydrogen) atoms. The number of aromatic nitrogens is 1. The van der Waals surface area contributed by atoms with Gasteiger partial charge in [-0.1, -0.05) is 90.5 Å². The summed E-state index contributed by atoms with van der Waals surface area (Å²) in [4.78, 5) is 15.4. The minimum atomic E-state index is -0.510. The summed E-state index contributed by atoms with van der Waals surface area (Å²) >= 11 is 0. The molecule has 284 valence electrons. The number of aliphatic imine (C=N–C) groups is 2. The summed E-state index contributed by atoms with van der Waals surface area (Å²) in [5.41, 5.74) is 11.9. The van der Waals surface area contributed by atoms with Crippen LogP contribution < -0.4 is 0 Å². The van der Waals surface area contributed by atoms with Crippen LogP contribution >= 0.6 is 0 Å². The second kappa shape index (κ2) is 16.7. The molecule has 0 aliphatic carbocycles. The Labute approximate surface area is 331 Å². The molecule has 0 aliphatic heterocycles.